The molecule has 0 aliphatic carbocycles. The van der Waals surface area contributed by atoms with Gasteiger partial charge in [0.15, 0.2) is 0 Å². The maximum absolute atomic E-state index is 2.68. The van der Waals surface area contributed by atoms with Crippen molar-refractivity contribution < 1.29 is 0 Å². The average Bonchev–Trinajstić information content (AvgIpc) is 2.30. The van der Waals surface area contributed by atoms with E-state index in [0.717, 1.165) is 5.92 Å². The molecule has 0 aromatic heterocycles. The van der Waals surface area contributed by atoms with Gasteiger partial charge in [0, 0.05) is 0 Å². The van der Waals surface area contributed by atoms with E-state index in [4.69, 9.17) is 0 Å². The highest BCUT2D eigenvalue weighted by molar-refractivity contribution is 4.58. The van der Waals surface area contributed by atoms with Gasteiger partial charge in [-0.05, 0) is 44.8 Å². The number of rotatable bonds is 12. The molecule has 0 amide bonds. The zero-order valence-corrected chi connectivity index (χ0v) is 12.8. The summed E-state index contributed by atoms with van der Waals surface area (Å²) in [6, 6.07) is 0. The van der Waals surface area contributed by atoms with E-state index in [9.17, 15) is 0 Å². The van der Waals surface area contributed by atoms with Crippen molar-refractivity contribution in [3.05, 3.63) is 0 Å². The van der Waals surface area contributed by atoms with E-state index in [1.54, 1.807) is 0 Å². The second-order valence-corrected chi connectivity index (χ2v) is 5.79. The molecule has 1 nitrogen and oxygen atoms in total. The molecule has 0 aliphatic heterocycles. The van der Waals surface area contributed by atoms with Crippen molar-refractivity contribution in [1.82, 2.24) is 4.90 Å². The van der Waals surface area contributed by atoms with Gasteiger partial charge in [0.2, 0.25) is 0 Å². The van der Waals surface area contributed by atoms with Gasteiger partial charge in [0.1, 0.15) is 0 Å². The van der Waals surface area contributed by atoms with Crippen molar-refractivity contribution in [2.75, 3.05) is 19.6 Å². The number of nitrogens with zero attached hydrogens (tertiary/aromatic N) is 1. The molecule has 0 fully saturated rings. The van der Waals surface area contributed by atoms with E-state index in [1.807, 2.05) is 0 Å². The topological polar surface area (TPSA) is 3.24 Å². The van der Waals surface area contributed by atoms with E-state index in [2.05, 4.69) is 32.6 Å². The van der Waals surface area contributed by atoms with Gasteiger partial charge in [0.05, 0.1) is 0 Å². The Morgan fingerprint density at radius 1 is 0.706 bits per heavy atom. The van der Waals surface area contributed by atoms with Gasteiger partial charge in [-0.15, -0.1) is 0 Å². The minimum absolute atomic E-state index is 0.881. The van der Waals surface area contributed by atoms with E-state index < -0.39 is 0 Å². The van der Waals surface area contributed by atoms with Crippen LogP contribution < -0.4 is 0 Å². The lowest BCUT2D eigenvalue weighted by Gasteiger charge is -2.21. The molecule has 0 bridgehead atoms. The summed E-state index contributed by atoms with van der Waals surface area (Å²) in [7, 11) is 0. The van der Waals surface area contributed by atoms with Crippen LogP contribution in [0.1, 0.15) is 79.1 Å². The Labute approximate surface area is 110 Å². The first kappa shape index (κ1) is 17.0. The van der Waals surface area contributed by atoms with E-state index in [1.165, 1.54) is 71.0 Å². The number of unbranched alkanes of at least 4 members (excludes halogenated alkanes) is 4. The summed E-state index contributed by atoms with van der Waals surface area (Å²) in [5, 5.41) is 0. The fraction of sp³-hybridized carbons (Fsp3) is 1.00. The van der Waals surface area contributed by atoms with Gasteiger partial charge in [-0.3, -0.25) is 0 Å². The van der Waals surface area contributed by atoms with Crippen molar-refractivity contribution in [2.24, 2.45) is 5.92 Å². The first-order chi connectivity index (χ1) is 8.20. The Morgan fingerprint density at radius 3 is 1.71 bits per heavy atom. The minimum Gasteiger partial charge on any atom is -0.303 e. The van der Waals surface area contributed by atoms with Gasteiger partial charge >= 0.3 is 0 Å². The molecule has 104 valence electrons. The summed E-state index contributed by atoms with van der Waals surface area (Å²) in [6.45, 7) is 13.2. The summed E-state index contributed by atoms with van der Waals surface area (Å²) in [4.78, 5) is 2.68. The molecule has 0 rings (SSSR count). The van der Waals surface area contributed by atoms with E-state index in [-0.39, 0.29) is 0 Å². The second-order valence-electron chi connectivity index (χ2n) is 5.79. The van der Waals surface area contributed by atoms with Crippen LogP contribution in [0.3, 0.4) is 0 Å². The molecule has 0 saturated heterocycles. The van der Waals surface area contributed by atoms with Crippen LogP contribution in [-0.2, 0) is 0 Å². The summed E-state index contributed by atoms with van der Waals surface area (Å²) in [5.74, 6) is 0.881. The Balaban J connectivity index is 3.52. The van der Waals surface area contributed by atoms with Crippen LogP contribution in [0.4, 0.5) is 0 Å². The minimum atomic E-state index is 0.881. The lowest BCUT2D eigenvalue weighted by atomic mass is 10.1. The predicted molar refractivity (Wildman–Crippen MR) is 79.6 cm³/mol. The first-order valence-electron chi connectivity index (χ1n) is 7.93. The highest BCUT2D eigenvalue weighted by Crippen LogP contribution is 2.09. The van der Waals surface area contributed by atoms with Gasteiger partial charge in [-0.2, -0.15) is 0 Å². The van der Waals surface area contributed by atoms with Crippen molar-refractivity contribution in [3.8, 4) is 0 Å². The van der Waals surface area contributed by atoms with Crippen LogP contribution in [-0.4, -0.2) is 24.5 Å². The van der Waals surface area contributed by atoms with Crippen LogP contribution in [0.15, 0.2) is 0 Å². The average molecular weight is 241 g/mol. The zero-order chi connectivity index (χ0) is 12.9. The molecule has 0 spiro atoms. The summed E-state index contributed by atoms with van der Waals surface area (Å²) in [6.07, 6.45) is 11.1. The van der Waals surface area contributed by atoms with Crippen molar-refractivity contribution in [2.45, 2.75) is 79.1 Å². The van der Waals surface area contributed by atoms with E-state index in [0.29, 0.717) is 0 Å². The molecule has 0 heterocycles. The summed E-state index contributed by atoms with van der Waals surface area (Å²) in [5.41, 5.74) is 0. The molecule has 1 heteroatoms. The third-order valence-electron chi connectivity index (χ3n) is 3.41. The Bertz CT molecular complexity index is 134. The number of hydrogen-bond donors (Lipinski definition) is 0. The lowest BCUT2D eigenvalue weighted by Crippen LogP contribution is -2.27. The smallest absolute Gasteiger partial charge is 0.00187 e. The third-order valence-corrected chi connectivity index (χ3v) is 3.41. The van der Waals surface area contributed by atoms with E-state index >= 15 is 0 Å². The van der Waals surface area contributed by atoms with Crippen LogP contribution in [0.5, 0.6) is 0 Å². The van der Waals surface area contributed by atoms with Crippen molar-refractivity contribution >= 4 is 0 Å². The molecule has 0 aromatic rings. The third kappa shape index (κ3) is 12.2. The molecule has 0 saturated carbocycles. The second kappa shape index (κ2) is 12.4. The fourth-order valence-electron chi connectivity index (χ4n) is 2.16. The Hall–Kier alpha value is -0.0400. The molecule has 0 radical (unpaired) electrons. The Morgan fingerprint density at radius 2 is 1.24 bits per heavy atom. The van der Waals surface area contributed by atoms with Crippen molar-refractivity contribution in [1.29, 1.82) is 0 Å². The predicted octanol–water partition coefficient (Wildman–Crippen LogP) is 5.11. The summed E-state index contributed by atoms with van der Waals surface area (Å²) < 4.78 is 0. The van der Waals surface area contributed by atoms with Crippen molar-refractivity contribution in [3.63, 3.8) is 0 Å². The highest BCUT2D eigenvalue weighted by Gasteiger charge is 2.03. The van der Waals surface area contributed by atoms with Crippen LogP contribution >= 0.6 is 0 Å². The maximum atomic E-state index is 2.68. The zero-order valence-electron chi connectivity index (χ0n) is 12.8. The standard InChI is InChI=1S/C16H35N/c1-5-7-13-17(14-8-6-2)15-11-9-10-12-16(3)4/h16H,5-15H2,1-4H3. The van der Waals surface area contributed by atoms with Gasteiger partial charge in [-0.1, -0.05) is 59.8 Å². The molecule has 0 unspecified atom stereocenters. The monoisotopic (exact) mass is 241 g/mol. The quantitative estimate of drug-likeness (QED) is 0.429. The molecule has 0 N–H and O–H groups in total. The SMILES string of the molecule is CCCCN(CCCC)CCCCCC(C)C. The van der Waals surface area contributed by atoms with Gasteiger partial charge in [0.25, 0.3) is 0 Å². The lowest BCUT2D eigenvalue weighted by molar-refractivity contribution is 0.258. The highest BCUT2D eigenvalue weighted by atomic mass is 15.1. The fourth-order valence-corrected chi connectivity index (χ4v) is 2.16. The van der Waals surface area contributed by atoms with Gasteiger partial charge < -0.3 is 4.90 Å². The largest absolute Gasteiger partial charge is 0.303 e. The normalized spacial score (nSPS) is 11.6. The number of hydrogen-bond acceptors (Lipinski definition) is 1. The van der Waals surface area contributed by atoms with Crippen LogP contribution in [0.2, 0.25) is 0 Å². The molecule has 17 heavy (non-hydrogen) atoms. The Kier molecular flexibility index (Phi) is 12.4. The van der Waals surface area contributed by atoms with Crippen LogP contribution in [0.25, 0.3) is 0 Å². The van der Waals surface area contributed by atoms with Crippen LogP contribution in [0, 0.1) is 5.92 Å². The maximum Gasteiger partial charge on any atom is -0.00187 e. The molecule has 0 aliphatic rings. The van der Waals surface area contributed by atoms with Gasteiger partial charge in [-0.25, -0.2) is 0 Å². The summed E-state index contributed by atoms with van der Waals surface area (Å²) >= 11 is 0. The molecular weight excluding hydrogens is 206 g/mol. The molecule has 0 atom stereocenters. The first-order valence-corrected chi connectivity index (χ1v) is 7.93. The molecule has 0 aromatic carbocycles. The molecular formula is C16H35N.